The van der Waals surface area contributed by atoms with Crippen molar-refractivity contribution in [3.8, 4) is 0 Å². The molecule has 1 fully saturated rings. The molecule has 0 N–H and O–H groups in total. The molecule has 90 valence electrons. The molecule has 0 atom stereocenters. The molecule has 0 aromatic carbocycles. The predicted octanol–water partition coefficient (Wildman–Crippen LogP) is 2.08. The summed E-state index contributed by atoms with van der Waals surface area (Å²) in [5.41, 5.74) is 1.38. The van der Waals surface area contributed by atoms with Crippen LogP contribution in [0.2, 0.25) is 0 Å². The molecular weight excluding hydrogens is 198 g/mol. The molecule has 0 radical (unpaired) electrons. The van der Waals surface area contributed by atoms with Crippen LogP contribution in [0.1, 0.15) is 31.2 Å². The highest BCUT2D eigenvalue weighted by Crippen LogP contribution is 2.21. The van der Waals surface area contributed by atoms with Crippen LogP contribution in [0.3, 0.4) is 0 Å². The summed E-state index contributed by atoms with van der Waals surface area (Å²) in [6, 6.07) is 0. The van der Waals surface area contributed by atoms with E-state index in [0.29, 0.717) is 0 Å². The quantitative estimate of drug-likeness (QED) is 0.776. The Labute approximate surface area is 98.4 Å². The number of likely N-dealkylation sites (tertiary alicyclic amines) is 1. The highest BCUT2D eigenvalue weighted by molar-refractivity contribution is 5.03. The minimum absolute atomic E-state index is 0.966. The Morgan fingerprint density at radius 2 is 2.06 bits per heavy atom. The van der Waals surface area contributed by atoms with Crippen molar-refractivity contribution in [3.63, 3.8) is 0 Å². The zero-order valence-corrected chi connectivity index (χ0v) is 10.5. The maximum absolute atomic E-state index is 4.20. The highest BCUT2D eigenvalue weighted by Gasteiger charge is 2.15. The Bertz CT molecular complexity index is 311. The second kappa shape index (κ2) is 5.48. The van der Waals surface area contributed by atoms with Gasteiger partial charge in [0.2, 0.25) is 0 Å². The Balaban J connectivity index is 1.64. The summed E-state index contributed by atoms with van der Waals surface area (Å²) in [5.74, 6) is 0.966. The third kappa shape index (κ3) is 3.34. The van der Waals surface area contributed by atoms with Crippen LogP contribution in [0, 0.1) is 5.92 Å². The number of aryl methyl sites for hydroxylation is 2. The average molecular weight is 221 g/mol. The molecule has 0 amide bonds. The van der Waals surface area contributed by atoms with Crippen molar-refractivity contribution in [1.29, 1.82) is 0 Å². The Morgan fingerprint density at radius 3 is 2.69 bits per heavy atom. The van der Waals surface area contributed by atoms with Crippen molar-refractivity contribution in [2.24, 2.45) is 13.0 Å². The van der Waals surface area contributed by atoms with Crippen LogP contribution in [0.5, 0.6) is 0 Å². The van der Waals surface area contributed by atoms with Gasteiger partial charge in [0.25, 0.3) is 0 Å². The van der Waals surface area contributed by atoms with E-state index in [0.717, 1.165) is 5.92 Å². The van der Waals surface area contributed by atoms with Gasteiger partial charge in [-0.05, 0) is 57.3 Å². The van der Waals surface area contributed by atoms with E-state index in [1.807, 2.05) is 17.9 Å². The standard InChI is InChI=1S/C13H23N3/c1-15-8-6-12(7-9-15)4-3-5-13-10-14-16(2)11-13/h10-12H,3-9H2,1-2H3. The van der Waals surface area contributed by atoms with E-state index in [4.69, 9.17) is 0 Å². The van der Waals surface area contributed by atoms with E-state index in [1.165, 1.54) is 50.8 Å². The molecular formula is C13H23N3. The van der Waals surface area contributed by atoms with Gasteiger partial charge >= 0.3 is 0 Å². The highest BCUT2D eigenvalue weighted by atomic mass is 15.2. The normalized spacial score (nSPS) is 19.1. The monoisotopic (exact) mass is 221 g/mol. The van der Waals surface area contributed by atoms with Crippen LogP contribution < -0.4 is 0 Å². The van der Waals surface area contributed by atoms with Crippen molar-refractivity contribution in [1.82, 2.24) is 14.7 Å². The molecule has 1 saturated heterocycles. The lowest BCUT2D eigenvalue weighted by Gasteiger charge is -2.28. The minimum atomic E-state index is 0.966. The van der Waals surface area contributed by atoms with Crippen LogP contribution in [0.15, 0.2) is 12.4 Å². The fourth-order valence-corrected chi connectivity index (χ4v) is 2.55. The number of hydrogen-bond donors (Lipinski definition) is 0. The largest absolute Gasteiger partial charge is 0.306 e. The first-order chi connectivity index (χ1) is 7.74. The number of nitrogens with zero attached hydrogens (tertiary/aromatic N) is 3. The third-order valence-electron chi connectivity index (χ3n) is 3.67. The number of aromatic nitrogens is 2. The van der Waals surface area contributed by atoms with Crippen LogP contribution in [0.4, 0.5) is 0 Å². The summed E-state index contributed by atoms with van der Waals surface area (Å²) in [5, 5.41) is 4.20. The fourth-order valence-electron chi connectivity index (χ4n) is 2.55. The van der Waals surface area contributed by atoms with Crippen LogP contribution >= 0.6 is 0 Å². The molecule has 3 nitrogen and oxygen atoms in total. The van der Waals surface area contributed by atoms with Crippen molar-refractivity contribution >= 4 is 0 Å². The molecule has 0 aliphatic carbocycles. The minimum Gasteiger partial charge on any atom is -0.306 e. The van der Waals surface area contributed by atoms with Gasteiger partial charge in [0.15, 0.2) is 0 Å². The van der Waals surface area contributed by atoms with Crippen molar-refractivity contribution in [2.45, 2.75) is 32.1 Å². The fraction of sp³-hybridized carbons (Fsp3) is 0.769. The van der Waals surface area contributed by atoms with E-state index in [2.05, 4.69) is 23.2 Å². The molecule has 16 heavy (non-hydrogen) atoms. The third-order valence-corrected chi connectivity index (χ3v) is 3.67. The molecule has 2 rings (SSSR count). The lowest BCUT2D eigenvalue weighted by Crippen LogP contribution is -2.30. The van der Waals surface area contributed by atoms with Crippen molar-refractivity contribution in [3.05, 3.63) is 18.0 Å². The Kier molecular flexibility index (Phi) is 3.99. The van der Waals surface area contributed by atoms with Gasteiger partial charge in [0.05, 0.1) is 6.20 Å². The summed E-state index contributed by atoms with van der Waals surface area (Å²) >= 11 is 0. The second-order valence-electron chi connectivity index (χ2n) is 5.16. The van der Waals surface area contributed by atoms with Gasteiger partial charge in [-0.3, -0.25) is 4.68 Å². The molecule has 0 spiro atoms. The lowest BCUT2D eigenvalue weighted by molar-refractivity contribution is 0.210. The van der Waals surface area contributed by atoms with Gasteiger partial charge in [0.1, 0.15) is 0 Å². The first-order valence-corrected chi connectivity index (χ1v) is 6.40. The summed E-state index contributed by atoms with van der Waals surface area (Å²) in [7, 11) is 4.21. The van der Waals surface area contributed by atoms with Crippen LogP contribution in [-0.2, 0) is 13.5 Å². The number of piperidine rings is 1. The Morgan fingerprint density at radius 1 is 1.31 bits per heavy atom. The number of rotatable bonds is 4. The zero-order chi connectivity index (χ0) is 11.4. The van der Waals surface area contributed by atoms with Crippen molar-refractivity contribution in [2.75, 3.05) is 20.1 Å². The summed E-state index contributed by atoms with van der Waals surface area (Å²) in [6.45, 7) is 2.58. The zero-order valence-electron chi connectivity index (χ0n) is 10.5. The summed E-state index contributed by atoms with van der Waals surface area (Å²) < 4.78 is 1.89. The molecule has 1 aliphatic heterocycles. The number of hydrogen-bond acceptors (Lipinski definition) is 2. The first kappa shape index (κ1) is 11.6. The van der Waals surface area contributed by atoms with Gasteiger partial charge in [-0.25, -0.2) is 0 Å². The maximum Gasteiger partial charge on any atom is 0.0521 e. The van der Waals surface area contributed by atoms with Gasteiger partial charge in [-0.15, -0.1) is 0 Å². The summed E-state index contributed by atoms with van der Waals surface area (Å²) in [6.07, 6.45) is 10.8. The van der Waals surface area contributed by atoms with Gasteiger partial charge in [-0.1, -0.05) is 6.42 Å². The van der Waals surface area contributed by atoms with Crippen LogP contribution in [-0.4, -0.2) is 34.8 Å². The van der Waals surface area contributed by atoms with E-state index in [1.54, 1.807) is 0 Å². The Hall–Kier alpha value is -0.830. The smallest absolute Gasteiger partial charge is 0.0521 e. The van der Waals surface area contributed by atoms with Gasteiger partial charge in [-0.2, -0.15) is 5.10 Å². The molecule has 0 unspecified atom stereocenters. The predicted molar refractivity (Wildman–Crippen MR) is 66.4 cm³/mol. The summed E-state index contributed by atoms with van der Waals surface area (Å²) in [4.78, 5) is 2.44. The maximum atomic E-state index is 4.20. The van der Waals surface area contributed by atoms with Gasteiger partial charge < -0.3 is 4.90 Å². The van der Waals surface area contributed by atoms with Crippen molar-refractivity contribution < 1.29 is 0 Å². The lowest BCUT2D eigenvalue weighted by atomic mass is 9.91. The van der Waals surface area contributed by atoms with E-state index in [9.17, 15) is 0 Å². The van der Waals surface area contributed by atoms with Crippen LogP contribution in [0.25, 0.3) is 0 Å². The van der Waals surface area contributed by atoms with E-state index >= 15 is 0 Å². The second-order valence-corrected chi connectivity index (χ2v) is 5.16. The van der Waals surface area contributed by atoms with E-state index in [-0.39, 0.29) is 0 Å². The molecule has 1 aromatic heterocycles. The molecule has 0 bridgehead atoms. The van der Waals surface area contributed by atoms with Gasteiger partial charge in [0, 0.05) is 13.2 Å². The molecule has 3 heteroatoms. The topological polar surface area (TPSA) is 21.1 Å². The molecule has 2 heterocycles. The average Bonchev–Trinajstić information content (AvgIpc) is 2.67. The molecule has 1 aromatic rings. The SMILES string of the molecule is CN1CCC(CCCc2cnn(C)c2)CC1. The van der Waals surface area contributed by atoms with E-state index < -0.39 is 0 Å². The molecule has 1 aliphatic rings. The first-order valence-electron chi connectivity index (χ1n) is 6.40. The molecule has 0 saturated carbocycles.